The third kappa shape index (κ3) is 28.0. The molecular weight excluding hydrogens is 1400 g/mol. The molecule has 20 atom stereocenters. The van der Waals surface area contributed by atoms with Crippen molar-refractivity contribution >= 4 is 82.9 Å². The molecule has 107 heavy (non-hydrogen) atoms. The minimum absolute atomic E-state index is 0.144. The largest absolute Gasteiger partial charge is 0.508 e. The van der Waals surface area contributed by atoms with E-state index in [0.29, 0.717) is 12.0 Å². The number of phenolic OH excluding ortho intramolecular Hbond substituents is 1. The normalized spacial score (nSPS) is 27.8. The van der Waals surface area contributed by atoms with Crippen LogP contribution in [0.25, 0.3) is 0 Å². The third-order valence-electron chi connectivity index (χ3n) is 19.2. The monoisotopic (exact) mass is 1520 g/mol. The number of aromatic hydroxyl groups is 1. The molecule has 0 bridgehead atoms. The standard InChI is InChI=1S/C71H118N14O22/c1-15-18-43(89)29-41-30-50(92)79-52(36(10)16-2)63(98)83-55(58(93)35(8)9)66(101)75-44(25-26-107-71(73)106)60(95)77-46(27-33(4)5)61(96)76-45(23-24-49(72)91)69(104)84(14)56(37(11)17-3)67(102)82-54(48(90)32-86)65(100)80-51(34(6)7)70(105)85-31-38(12)59(94)57(85)68(103)78-47(28-40-19-21-42(88)22-20-40)62(97)81-53(39(13)87)64(99)74-41/h19-22,33-39,41,43-48,51-59,86-90,93-94H,15-18,23-32H2,1-14H3,(H2,72,91)(H2,73,106)(H,74,99)(H,75,101)(H,76,96)(H,77,95)(H,78,103)(H,79,92)(H,80,100)(H,81,97)(H,82,102)(H,83,98)/t36-,37+,38?,39-,41-,43?,44+,45+,46-,47-,48?,51-,52+,53+,54-,55-,56+,57+,58?,59+/m1/s1. The highest BCUT2D eigenvalue weighted by Gasteiger charge is 2.50. The predicted molar refractivity (Wildman–Crippen MR) is 386 cm³/mol. The van der Waals surface area contributed by atoms with Crippen LogP contribution in [0.5, 0.6) is 5.75 Å². The maximum atomic E-state index is 15.0. The van der Waals surface area contributed by atoms with E-state index >= 15 is 4.79 Å². The van der Waals surface area contributed by atoms with Crippen LogP contribution < -0.4 is 64.6 Å². The van der Waals surface area contributed by atoms with E-state index in [9.17, 15) is 98.1 Å². The summed E-state index contributed by atoms with van der Waals surface area (Å²) in [4.78, 5) is 203. The molecular formula is C71H118N14O22. The van der Waals surface area contributed by atoms with Crippen LogP contribution in [0.4, 0.5) is 4.79 Å². The van der Waals surface area contributed by atoms with Crippen molar-refractivity contribution in [3.63, 3.8) is 0 Å². The lowest BCUT2D eigenvalue weighted by Gasteiger charge is -2.36. The van der Waals surface area contributed by atoms with Crippen molar-refractivity contribution in [3.8, 4) is 5.75 Å². The van der Waals surface area contributed by atoms with Crippen molar-refractivity contribution in [2.75, 3.05) is 26.8 Å². The number of aliphatic hydroxyl groups excluding tert-OH is 6. The Balaban J connectivity index is 2.42. The summed E-state index contributed by atoms with van der Waals surface area (Å²) in [5.74, 6) is -18.8. The van der Waals surface area contributed by atoms with Gasteiger partial charge in [-0.2, -0.15) is 0 Å². The second-order valence-electron chi connectivity index (χ2n) is 29.3. The molecule has 14 amide bonds. The lowest BCUT2D eigenvalue weighted by Crippen LogP contribution is -2.64. The first-order valence-electron chi connectivity index (χ1n) is 36.6. The van der Waals surface area contributed by atoms with Crippen LogP contribution in [-0.4, -0.2) is 258 Å². The zero-order valence-electron chi connectivity index (χ0n) is 63.8. The molecule has 2 fully saturated rings. The Morgan fingerprint density at radius 2 is 1.11 bits per heavy atom. The van der Waals surface area contributed by atoms with Crippen molar-refractivity contribution < 1.29 is 108 Å². The van der Waals surface area contributed by atoms with Gasteiger partial charge >= 0.3 is 6.09 Å². The number of hydrogen-bond acceptors (Lipinski definition) is 22. The van der Waals surface area contributed by atoms with Gasteiger partial charge in [-0.25, -0.2) is 4.79 Å². The zero-order chi connectivity index (χ0) is 81.2. The molecule has 3 rings (SSSR count). The second kappa shape index (κ2) is 43.8. The fourth-order valence-electron chi connectivity index (χ4n) is 12.5. The molecule has 2 aliphatic heterocycles. The molecule has 604 valence electrons. The van der Waals surface area contributed by atoms with E-state index in [2.05, 4.69) is 53.2 Å². The first kappa shape index (κ1) is 92.4. The maximum absolute atomic E-state index is 15.0. The van der Waals surface area contributed by atoms with E-state index in [1.54, 1.807) is 48.5 Å². The van der Waals surface area contributed by atoms with Crippen LogP contribution in [0.3, 0.4) is 0 Å². The van der Waals surface area contributed by atoms with Gasteiger partial charge in [-0.05, 0) is 79.9 Å². The SMILES string of the molecule is CCCC(O)C[C@@H]1CC(=O)N[C@@H]([C@H](C)CC)C(=O)N[C@H](C(O)C(C)C)C(=O)N[C@@H](CCOC(N)=O)C(=O)N[C@H](CC(C)C)C(=O)N[C@@H](CCC(N)=O)C(=O)N(C)[C@@H]([C@@H](C)CC)C(=O)N[C@H](C(O)CO)C(=O)N[C@H](C(C)C)C(=O)N2CC(C)[C@H](O)[C@H]2C(=O)N[C@H](Cc2ccc(O)cc2)C(=O)N[C@@H]([C@@H](C)O)C(=O)N1. The number of ether oxygens (including phenoxy) is 1. The Bertz CT molecular complexity index is 3200. The maximum Gasteiger partial charge on any atom is 0.404 e. The van der Waals surface area contributed by atoms with E-state index in [1.807, 2.05) is 0 Å². The molecule has 0 aliphatic carbocycles. The Hall–Kier alpha value is -8.84. The van der Waals surface area contributed by atoms with E-state index < -0.39 is 267 Å². The van der Waals surface area contributed by atoms with Gasteiger partial charge in [-0.1, -0.05) is 114 Å². The third-order valence-corrected chi connectivity index (χ3v) is 19.2. The Morgan fingerprint density at radius 1 is 0.589 bits per heavy atom. The van der Waals surface area contributed by atoms with Crippen LogP contribution in [0.15, 0.2) is 24.3 Å². The number of amides is 14. The number of benzene rings is 1. The van der Waals surface area contributed by atoms with Crippen molar-refractivity contribution in [2.45, 2.75) is 264 Å². The van der Waals surface area contributed by atoms with Crippen molar-refractivity contribution in [3.05, 3.63) is 29.8 Å². The summed E-state index contributed by atoms with van der Waals surface area (Å²) in [6, 6.07) is -15.3. The highest BCUT2D eigenvalue weighted by Crippen LogP contribution is 2.28. The average Bonchev–Trinajstić information content (AvgIpc) is 1.67. The Labute approximate surface area is 624 Å². The van der Waals surface area contributed by atoms with Gasteiger partial charge < -0.3 is 115 Å². The van der Waals surface area contributed by atoms with Crippen molar-refractivity contribution in [1.82, 2.24) is 63.0 Å². The summed E-state index contributed by atoms with van der Waals surface area (Å²) < 4.78 is 4.92. The Kier molecular flexibility index (Phi) is 37.8. The zero-order valence-corrected chi connectivity index (χ0v) is 63.8. The number of carbonyl (C=O) groups is 14. The van der Waals surface area contributed by atoms with Gasteiger partial charge in [0.2, 0.25) is 76.8 Å². The smallest absolute Gasteiger partial charge is 0.404 e. The number of phenols is 1. The lowest BCUT2D eigenvalue weighted by molar-refractivity contribution is -0.147. The van der Waals surface area contributed by atoms with E-state index in [0.717, 1.165) is 23.8 Å². The molecule has 0 spiro atoms. The number of nitrogens with zero attached hydrogens (tertiary/aromatic N) is 2. The van der Waals surface area contributed by atoms with Crippen molar-refractivity contribution in [2.24, 2.45) is 47.0 Å². The number of primary amides is 2. The summed E-state index contributed by atoms with van der Waals surface area (Å²) in [6.45, 7) is 18.0. The molecule has 2 saturated heterocycles. The molecule has 1 aromatic carbocycles. The van der Waals surface area contributed by atoms with Gasteiger partial charge in [0, 0.05) is 51.2 Å². The molecule has 0 saturated carbocycles. The second-order valence-corrected chi connectivity index (χ2v) is 29.3. The number of rotatable bonds is 24. The van der Waals surface area contributed by atoms with Crippen LogP contribution >= 0.6 is 0 Å². The highest BCUT2D eigenvalue weighted by atomic mass is 16.5. The van der Waals surface area contributed by atoms with Crippen LogP contribution in [0.1, 0.15) is 160 Å². The molecule has 1 aromatic rings. The van der Waals surface area contributed by atoms with Gasteiger partial charge in [0.15, 0.2) is 0 Å². The van der Waals surface area contributed by atoms with Crippen LogP contribution in [-0.2, 0) is 73.5 Å². The first-order valence-corrected chi connectivity index (χ1v) is 36.6. The highest BCUT2D eigenvalue weighted by molar-refractivity contribution is 6.00. The number of likely N-dealkylation sites (N-methyl/N-ethyl adjacent to an activating group) is 1. The van der Waals surface area contributed by atoms with Gasteiger partial charge in [-0.3, -0.25) is 62.3 Å². The topological polar surface area (TPSA) is 569 Å². The average molecular weight is 1520 g/mol. The summed E-state index contributed by atoms with van der Waals surface area (Å²) in [5.41, 5.74) is 11.1. The molecule has 2 aliphatic rings. The number of fused-ring (bicyclic) bond motifs is 1. The summed E-state index contributed by atoms with van der Waals surface area (Å²) in [7, 11) is 1.16. The van der Waals surface area contributed by atoms with Gasteiger partial charge in [0.25, 0.3) is 0 Å². The van der Waals surface area contributed by atoms with Gasteiger partial charge in [-0.15, -0.1) is 0 Å². The number of hydrogen-bond donors (Lipinski definition) is 19. The molecule has 2 heterocycles. The fourth-order valence-corrected chi connectivity index (χ4v) is 12.5. The molecule has 4 unspecified atom stereocenters. The first-order chi connectivity index (χ1) is 50.0. The molecule has 21 N–H and O–H groups in total. The quantitative estimate of drug-likeness (QED) is 0.0470. The van der Waals surface area contributed by atoms with E-state index in [1.165, 1.54) is 58.9 Å². The summed E-state index contributed by atoms with van der Waals surface area (Å²) >= 11 is 0. The van der Waals surface area contributed by atoms with Crippen LogP contribution in [0.2, 0.25) is 0 Å². The number of nitrogens with one attached hydrogen (secondary N) is 10. The van der Waals surface area contributed by atoms with E-state index in [4.69, 9.17) is 16.2 Å². The molecule has 36 nitrogen and oxygen atoms in total. The minimum atomic E-state index is -2.11. The van der Waals surface area contributed by atoms with Gasteiger partial charge in [0.05, 0.1) is 37.6 Å². The fraction of sp³-hybridized carbons (Fsp3) is 0.718. The molecule has 0 aromatic heterocycles. The van der Waals surface area contributed by atoms with Gasteiger partial charge in [0.1, 0.15) is 78.3 Å². The summed E-state index contributed by atoms with van der Waals surface area (Å²) in [5, 5.41) is 103. The molecule has 0 radical (unpaired) electrons. The minimum Gasteiger partial charge on any atom is -0.508 e. The Morgan fingerprint density at radius 3 is 1.65 bits per heavy atom. The van der Waals surface area contributed by atoms with Crippen LogP contribution in [0, 0.1) is 35.5 Å². The predicted octanol–water partition coefficient (Wildman–Crippen LogP) is -3.93. The van der Waals surface area contributed by atoms with Crippen molar-refractivity contribution in [1.29, 1.82) is 0 Å². The lowest BCUT2D eigenvalue weighted by atomic mass is 9.94. The number of nitrogens with two attached hydrogens (primary N) is 2. The molecule has 36 heteroatoms. The van der Waals surface area contributed by atoms with E-state index in [-0.39, 0.29) is 44.4 Å². The summed E-state index contributed by atoms with van der Waals surface area (Å²) in [6.07, 6.45) is -11.9. The number of carbonyl (C=O) groups excluding carboxylic acids is 14. The number of aliphatic hydroxyl groups is 6.